The molecule has 3 rings (SSSR count). The zero-order valence-electron chi connectivity index (χ0n) is 13.3. The molecular weight excluding hydrogens is 506 g/mol. The van der Waals surface area contributed by atoms with Crippen LogP contribution in [-0.4, -0.2) is 24.1 Å². The average molecular weight is 519 g/mol. The minimum Gasteiger partial charge on any atom is -0.369 e. The Balaban J connectivity index is 2.22. The molecule has 0 spiro atoms. The second-order valence-electron chi connectivity index (χ2n) is 5.27. The fraction of sp³-hybridized carbons (Fsp3) is 0.0667. The number of rotatable bonds is 4. The Kier molecular flexibility index (Phi) is 5.24. The smallest absolute Gasteiger partial charge is 0.277 e. The lowest BCUT2D eigenvalue weighted by molar-refractivity contribution is 0.591. The van der Waals surface area contributed by atoms with Crippen LogP contribution in [0.15, 0.2) is 54.1 Å². The number of thiophene rings is 1. The number of aromatic nitrogens is 1. The molecule has 0 saturated carbocycles. The molecule has 0 amide bonds. The predicted octanol–water partition coefficient (Wildman–Crippen LogP) is 3.67. The van der Waals surface area contributed by atoms with Gasteiger partial charge < -0.3 is 5.73 Å². The van der Waals surface area contributed by atoms with E-state index in [4.69, 9.17) is 11.1 Å². The lowest BCUT2D eigenvalue weighted by Crippen LogP contribution is -2.26. The van der Waals surface area contributed by atoms with E-state index in [1.165, 1.54) is 10.2 Å². The zero-order chi connectivity index (χ0) is 19.1. The molecule has 0 aliphatic carbocycles. The lowest BCUT2D eigenvalue weighted by atomic mass is 10.1. The molecule has 136 valence electrons. The normalized spacial score (nSPS) is 12.5. The monoisotopic (exact) mass is 517 g/mol. The summed E-state index contributed by atoms with van der Waals surface area (Å²) in [5, 5.41) is 12.0. The first-order chi connectivity index (χ1) is 12.2. The van der Waals surface area contributed by atoms with Gasteiger partial charge in [0.05, 0.1) is 15.0 Å². The molecule has 0 saturated heterocycles. The number of nitrogens with two attached hydrogens (primary N) is 1. The highest BCUT2D eigenvalue weighted by Gasteiger charge is 2.24. The number of nitrogens with zero attached hydrogens (tertiary/aromatic N) is 2. The summed E-state index contributed by atoms with van der Waals surface area (Å²) in [6.45, 7) is 1.72. The number of halogens is 2. The third-order valence-electron chi connectivity index (χ3n) is 3.55. The van der Waals surface area contributed by atoms with Crippen molar-refractivity contribution in [3.05, 3.63) is 50.4 Å². The van der Waals surface area contributed by atoms with Gasteiger partial charge >= 0.3 is 0 Å². The Morgan fingerprint density at radius 1 is 1.35 bits per heavy atom. The van der Waals surface area contributed by atoms with Crippen LogP contribution >= 0.6 is 43.2 Å². The first-order valence-corrected chi connectivity index (χ1v) is 11.0. The van der Waals surface area contributed by atoms with Crippen molar-refractivity contribution >= 4 is 75.8 Å². The van der Waals surface area contributed by atoms with E-state index >= 15 is 0 Å². The van der Waals surface area contributed by atoms with Crippen molar-refractivity contribution in [3.63, 3.8) is 0 Å². The molecule has 1 aromatic carbocycles. The van der Waals surface area contributed by atoms with Crippen molar-refractivity contribution in [3.8, 4) is 0 Å². The minimum atomic E-state index is -3.78. The number of para-hydroxylation sites is 1. The van der Waals surface area contributed by atoms with Crippen LogP contribution in [0.1, 0.15) is 12.5 Å². The fourth-order valence-electron chi connectivity index (χ4n) is 2.39. The van der Waals surface area contributed by atoms with E-state index in [2.05, 4.69) is 42.4 Å². The molecule has 4 N–H and O–H groups in total. The van der Waals surface area contributed by atoms with Gasteiger partial charge in [0.15, 0.2) is 0 Å². The summed E-state index contributed by atoms with van der Waals surface area (Å²) in [6, 6.07) is 8.73. The maximum absolute atomic E-state index is 13.1. The van der Waals surface area contributed by atoms with E-state index in [1.807, 2.05) is 12.1 Å². The molecule has 2 heterocycles. The molecule has 0 aliphatic heterocycles. The third-order valence-corrected chi connectivity index (χ3v) is 8.93. The predicted molar refractivity (Wildman–Crippen MR) is 112 cm³/mol. The largest absolute Gasteiger partial charge is 0.369 e. The maximum atomic E-state index is 13.1. The molecule has 3 aromatic rings. The minimum absolute atomic E-state index is 0.208. The van der Waals surface area contributed by atoms with Crippen molar-refractivity contribution in [1.82, 2.24) is 9.40 Å². The van der Waals surface area contributed by atoms with E-state index in [0.717, 1.165) is 16.7 Å². The van der Waals surface area contributed by atoms with Gasteiger partial charge in [-0.3, -0.25) is 5.41 Å². The molecule has 0 atom stereocenters. The van der Waals surface area contributed by atoms with E-state index < -0.39 is 10.0 Å². The van der Waals surface area contributed by atoms with Crippen LogP contribution in [0, 0.1) is 5.41 Å². The van der Waals surface area contributed by atoms with Crippen molar-refractivity contribution < 1.29 is 8.42 Å². The van der Waals surface area contributed by atoms with Gasteiger partial charge in [-0.05, 0) is 50.9 Å². The average Bonchev–Trinajstić information content (AvgIpc) is 3.14. The molecule has 2 aromatic heterocycles. The molecule has 0 aliphatic rings. The lowest BCUT2D eigenvalue weighted by Gasteiger charge is -2.04. The van der Waals surface area contributed by atoms with Crippen LogP contribution < -0.4 is 11.2 Å². The Labute approximate surface area is 170 Å². The van der Waals surface area contributed by atoms with E-state index in [0.29, 0.717) is 25.1 Å². The van der Waals surface area contributed by atoms with Crippen LogP contribution in [-0.2, 0) is 10.0 Å². The van der Waals surface area contributed by atoms with Crippen molar-refractivity contribution in [2.24, 2.45) is 10.8 Å². The third kappa shape index (κ3) is 3.43. The van der Waals surface area contributed by atoms with Gasteiger partial charge in [-0.1, -0.05) is 18.2 Å². The van der Waals surface area contributed by atoms with Gasteiger partial charge in [0.1, 0.15) is 4.21 Å². The summed E-state index contributed by atoms with van der Waals surface area (Å²) in [7, 11) is -3.78. The maximum Gasteiger partial charge on any atom is 0.277 e. The number of benzene rings is 1. The van der Waals surface area contributed by atoms with Crippen molar-refractivity contribution in [1.29, 1.82) is 5.41 Å². The summed E-state index contributed by atoms with van der Waals surface area (Å²) >= 11 is 7.79. The Morgan fingerprint density at radius 3 is 2.65 bits per heavy atom. The van der Waals surface area contributed by atoms with Crippen LogP contribution in [0.5, 0.6) is 0 Å². The van der Waals surface area contributed by atoms with Crippen LogP contribution in [0.3, 0.4) is 0 Å². The summed E-state index contributed by atoms with van der Waals surface area (Å²) in [6.07, 6.45) is 1.53. The SMILES string of the molecule is CC(=NNC(=N)N)c1cn(S(=O)(=O)c2cc(Br)c(Br)s2)c2ccccc12. The van der Waals surface area contributed by atoms with Crippen LogP contribution in [0.25, 0.3) is 10.9 Å². The number of guanidine groups is 1. The van der Waals surface area contributed by atoms with E-state index in [9.17, 15) is 8.42 Å². The van der Waals surface area contributed by atoms with Gasteiger partial charge in [-0.25, -0.2) is 9.40 Å². The fourth-order valence-corrected chi connectivity index (χ4v) is 6.67. The molecule has 0 unspecified atom stereocenters. The number of hydrogen-bond donors (Lipinski definition) is 3. The second-order valence-corrected chi connectivity index (χ2v) is 10.5. The highest BCUT2D eigenvalue weighted by Crippen LogP contribution is 2.37. The standard InChI is InChI=1S/C15H13Br2N5O2S2/c1-8(20-21-15(18)19)10-7-22(12-5-3-2-4-9(10)12)26(23,24)13-6-11(16)14(17)25-13/h2-7H,1H3,(H4,18,19,21). The van der Waals surface area contributed by atoms with Gasteiger partial charge in [-0.2, -0.15) is 13.5 Å². The summed E-state index contributed by atoms with van der Waals surface area (Å²) in [4.78, 5) is 0. The topological polar surface area (TPSA) is 113 Å². The van der Waals surface area contributed by atoms with Crippen LogP contribution in [0.4, 0.5) is 0 Å². The zero-order valence-corrected chi connectivity index (χ0v) is 18.1. The summed E-state index contributed by atoms with van der Waals surface area (Å²) in [5.74, 6) is -0.297. The van der Waals surface area contributed by atoms with E-state index in [1.54, 1.807) is 25.1 Å². The molecule has 0 radical (unpaired) electrons. The number of hydrogen-bond acceptors (Lipinski definition) is 5. The van der Waals surface area contributed by atoms with Gasteiger partial charge in [0, 0.05) is 21.6 Å². The molecule has 0 bridgehead atoms. The number of fused-ring (bicyclic) bond motifs is 1. The molecule has 7 nitrogen and oxygen atoms in total. The molecule has 0 fully saturated rings. The van der Waals surface area contributed by atoms with Gasteiger partial charge in [0.25, 0.3) is 10.0 Å². The number of nitrogens with one attached hydrogen (secondary N) is 2. The quantitative estimate of drug-likeness (QED) is 0.277. The van der Waals surface area contributed by atoms with Crippen molar-refractivity contribution in [2.45, 2.75) is 11.1 Å². The summed E-state index contributed by atoms with van der Waals surface area (Å²) in [5.41, 5.74) is 9.32. The highest BCUT2D eigenvalue weighted by molar-refractivity contribution is 9.13. The second kappa shape index (κ2) is 7.14. The Bertz CT molecular complexity index is 1130. The van der Waals surface area contributed by atoms with Crippen molar-refractivity contribution in [2.75, 3.05) is 0 Å². The Hall–Kier alpha value is -1.69. The molecular formula is C15H13Br2N5O2S2. The first kappa shape index (κ1) is 19.1. The molecule has 11 heteroatoms. The van der Waals surface area contributed by atoms with Gasteiger partial charge in [0.2, 0.25) is 5.96 Å². The summed E-state index contributed by atoms with van der Waals surface area (Å²) < 4.78 is 29.1. The van der Waals surface area contributed by atoms with E-state index in [-0.39, 0.29) is 10.2 Å². The molecule has 26 heavy (non-hydrogen) atoms. The van der Waals surface area contributed by atoms with Crippen LogP contribution in [0.2, 0.25) is 0 Å². The highest BCUT2D eigenvalue weighted by atomic mass is 79.9. The van der Waals surface area contributed by atoms with Gasteiger partial charge in [-0.15, -0.1) is 11.3 Å². The number of hydrazone groups is 1. The Morgan fingerprint density at radius 2 is 2.04 bits per heavy atom. The first-order valence-electron chi connectivity index (χ1n) is 7.17.